The summed E-state index contributed by atoms with van der Waals surface area (Å²) in [5.74, 6) is -2.09. The summed E-state index contributed by atoms with van der Waals surface area (Å²) in [6.45, 7) is 3.73. The summed E-state index contributed by atoms with van der Waals surface area (Å²) in [5, 5.41) is 7.97. The molecule has 1 aliphatic heterocycles. The molecule has 4 aromatic rings. The number of nitrogens with zero attached hydrogens (tertiary/aromatic N) is 5. The number of anilines is 1. The number of fused-ring (bicyclic) bond motifs is 1. The fourth-order valence-corrected chi connectivity index (χ4v) is 4.11. The van der Waals surface area contributed by atoms with Crippen molar-refractivity contribution in [3.8, 4) is 5.69 Å². The van der Waals surface area contributed by atoms with Crippen molar-refractivity contribution in [1.29, 1.82) is 0 Å². The van der Waals surface area contributed by atoms with Gasteiger partial charge in [-0.3, -0.25) is 0 Å². The number of benzene rings is 2. The van der Waals surface area contributed by atoms with Crippen molar-refractivity contribution in [2.24, 2.45) is 4.99 Å². The zero-order valence-electron chi connectivity index (χ0n) is 19.3. The molecule has 0 saturated heterocycles. The van der Waals surface area contributed by atoms with E-state index in [0.717, 1.165) is 12.1 Å². The first-order chi connectivity index (χ1) is 17.3. The predicted molar refractivity (Wildman–Crippen MR) is 129 cm³/mol. The van der Waals surface area contributed by atoms with Crippen LogP contribution in [0, 0.1) is 24.4 Å². The molecule has 1 aliphatic rings. The van der Waals surface area contributed by atoms with Crippen LogP contribution in [0.2, 0.25) is 0 Å². The zero-order chi connectivity index (χ0) is 25.6. The summed E-state index contributed by atoms with van der Waals surface area (Å²) < 4.78 is 49.0. The van der Waals surface area contributed by atoms with Gasteiger partial charge in [0, 0.05) is 0 Å². The Morgan fingerprint density at radius 1 is 1.11 bits per heavy atom. The third-order valence-electron chi connectivity index (χ3n) is 5.96. The van der Waals surface area contributed by atoms with E-state index in [2.05, 4.69) is 15.2 Å². The van der Waals surface area contributed by atoms with Gasteiger partial charge in [-0.25, -0.2) is 0 Å². The van der Waals surface area contributed by atoms with Crippen molar-refractivity contribution in [2.45, 2.75) is 20.3 Å². The van der Waals surface area contributed by atoms with Gasteiger partial charge in [0.15, 0.2) is 0 Å². The molecule has 0 N–H and O–H groups in total. The fraction of sp³-hybridized carbons (Fsp3) is 0.160. The van der Waals surface area contributed by atoms with E-state index < -0.39 is 17.5 Å². The zero-order valence-corrected chi connectivity index (χ0v) is 19.3. The normalized spacial score (nSPS) is 13.1. The second-order valence-electron chi connectivity index (χ2n) is 8.17. The summed E-state index contributed by atoms with van der Waals surface area (Å²) in [6.07, 6.45) is 2.70. The van der Waals surface area contributed by atoms with E-state index in [1.54, 1.807) is 17.9 Å². The maximum atomic E-state index is 14.9. The van der Waals surface area contributed by atoms with Gasteiger partial charge in [0.2, 0.25) is 0 Å². The third kappa shape index (κ3) is 3.96. The third-order valence-corrected chi connectivity index (χ3v) is 5.96. The number of rotatable bonds is 6. The molecule has 11 heteroatoms. The van der Waals surface area contributed by atoms with Crippen molar-refractivity contribution < 1.29 is 22.5 Å². The van der Waals surface area contributed by atoms with Gasteiger partial charge in [-0.2, -0.15) is 0 Å². The van der Waals surface area contributed by atoms with E-state index in [9.17, 15) is 18.0 Å². The fourth-order valence-electron chi connectivity index (χ4n) is 4.11. The molecule has 0 atom stereocenters. The number of ketones is 1. The van der Waals surface area contributed by atoms with Gasteiger partial charge in [-0.05, 0) is 0 Å². The Morgan fingerprint density at radius 2 is 1.92 bits per heavy atom. The minimum atomic E-state index is -0.804. The Bertz CT molecular complexity index is 1550. The molecule has 0 spiro atoms. The number of halogens is 3. The first-order valence-corrected chi connectivity index (χ1v) is 11.0. The Morgan fingerprint density at radius 3 is 2.61 bits per heavy atom. The molecular weight excluding hydrogens is 470 g/mol. The number of hydrogen-bond acceptors (Lipinski definition) is 6. The first kappa shape index (κ1) is 23.5. The molecule has 0 saturated carbocycles. The van der Waals surface area contributed by atoms with E-state index in [1.165, 1.54) is 35.3 Å². The molecule has 179 valence electrons. The molecule has 0 unspecified atom stereocenters. The summed E-state index contributed by atoms with van der Waals surface area (Å²) in [5.41, 5.74) is 1.92. The van der Waals surface area contributed by atoms with Crippen LogP contribution < -0.4 is 4.90 Å². The second kappa shape index (κ2) is 9.06. The van der Waals surface area contributed by atoms with Crippen molar-refractivity contribution in [2.75, 3.05) is 11.4 Å². The Balaban J connectivity index is 1.61. The van der Waals surface area contributed by atoms with Crippen LogP contribution in [0.25, 0.3) is 5.69 Å². The van der Waals surface area contributed by atoms with Crippen LogP contribution >= 0.6 is 0 Å². The Labute approximate surface area is 204 Å². The number of likely N-dealkylation sites (N-methyl/N-ethyl adjacent to an activating group) is 1. The standard InChI is InChI=1S/C25H18BF3N5O2/c1-3-33-24(26)23(31-20-12-30-34(25(20)33)21-5-4-15(27)10-19(21)29)17-8-14(9-18(28)13(17)2)22(35)11-16-6-7-36-32-16/h4-10,12H,3,11H2,1-2H3. The molecule has 0 bridgehead atoms. The molecule has 36 heavy (non-hydrogen) atoms. The monoisotopic (exact) mass is 488 g/mol. The van der Waals surface area contributed by atoms with Gasteiger partial charge in [-0.15, -0.1) is 0 Å². The minimum absolute atomic E-state index is 0.0187. The first-order valence-electron chi connectivity index (χ1n) is 11.0. The van der Waals surface area contributed by atoms with Gasteiger partial charge >= 0.3 is 205 Å². The second-order valence-corrected chi connectivity index (χ2v) is 8.17. The van der Waals surface area contributed by atoms with Crippen LogP contribution in [0.3, 0.4) is 0 Å². The summed E-state index contributed by atoms with van der Waals surface area (Å²) in [7, 11) is 6.49. The summed E-state index contributed by atoms with van der Waals surface area (Å²) in [4.78, 5) is 19.1. The quantitative estimate of drug-likeness (QED) is 0.299. The molecule has 2 aromatic carbocycles. The average molecular weight is 488 g/mol. The molecule has 2 aromatic heterocycles. The van der Waals surface area contributed by atoms with E-state index in [-0.39, 0.29) is 40.3 Å². The number of Topliss-reactive ketones (excluding diaryl/α,β-unsaturated/α-hetero) is 1. The predicted octanol–water partition coefficient (Wildman–Crippen LogP) is 4.27. The maximum absolute atomic E-state index is 14.9. The van der Waals surface area contributed by atoms with Gasteiger partial charge in [-0.1, -0.05) is 0 Å². The Hall–Kier alpha value is -4.28. The number of carbonyl (C=O) groups is 1. The van der Waals surface area contributed by atoms with Crippen molar-refractivity contribution in [3.63, 3.8) is 0 Å². The van der Waals surface area contributed by atoms with Crippen molar-refractivity contribution in [1.82, 2.24) is 14.9 Å². The molecule has 1 radical (unpaired) electrons. The van der Waals surface area contributed by atoms with E-state index >= 15 is 0 Å². The number of hydrogen-bond donors (Lipinski definition) is 0. The summed E-state index contributed by atoms with van der Waals surface area (Å²) >= 11 is 0. The number of aromatic nitrogens is 3. The van der Waals surface area contributed by atoms with Crippen molar-refractivity contribution >= 4 is 36.1 Å². The molecule has 7 nitrogen and oxygen atoms in total. The van der Waals surface area contributed by atoms with E-state index in [4.69, 9.17) is 12.0 Å². The molecule has 3 heterocycles. The van der Waals surface area contributed by atoms with E-state index in [0.29, 0.717) is 29.3 Å². The van der Waals surface area contributed by atoms with Crippen LogP contribution in [0.1, 0.15) is 34.1 Å². The topological polar surface area (TPSA) is 76.5 Å². The number of carbonyl (C=O) groups excluding carboxylic acids is 1. The van der Waals surface area contributed by atoms with Gasteiger partial charge in [0.25, 0.3) is 0 Å². The molecule has 0 fully saturated rings. The van der Waals surface area contributed by atoms with Gasteiger partial charge in [0.05, 0.1) is 0 Å². The molecule has 5 rings (SSSR count). The van der Waals surface area contributed by atoms with Crippen LogP contribution in [0.5, 0.6) is 0 Å². The molecule has 0 aliphatic carbocycles. The average Bonchev–Trinajstić information content (AvgIpc) is 3.50. The summed E-state index contributed by atoms with van der Waals surface area (Å²) in [6, 6.07) is 7.42. The van der Waals surface area contributed by atoms with E-state index in [1.807, 2.05) is 6.92 Å². The van der Waals surface area contributed by atoms with Crippen LogP contribution in [-0.2, 0) is 6.42 Å². The molecular formula is C25H18BF3N5O2. The van der Waals surface area contributed by atoms with Crippen LogP contribution in [0.15, 0.2) is 58.4 Å². The Kier molecular flexibility index (Phi) is 5.91. The molecule has 0 amide bonds. The number of aliphatic imine (C=N–C) groups is 1. The van der Waals surface area contributed by atoms with Gasteiger partial charge < -0.3 is 0 Å². The van der Waals surface area contributed by atoms with Crippen molar-refractivity contribution in [3.05, 3.63) is 88.7 Å². The SMILES string of the molecule is [B]=C1C(c2cc(C(=O)Cc3ccon3)cc(F)c2C)=Nc2cnn(-c3ccc(F)cc3F)c2N1CC. The van der Waals surface area contributed by atoms with Crippen LogP contribution in [-0.4, -0.2) is 46.1 Å². The van der Waals surface area contributed by atoms with Gasteiger partial charge in [0.1, 0.15) is 0 Å². The van der Waals surface area contributed by atoms with Crippen LogP contribution in [0.4, 0.5) is 24.7 Å².